The van der Waals surface area contributed by atoms with E-state index in [1.54, 1.807) is 28.8 Å². The minimum atomic E-state index is -0.0312. The fraction of sp³-hybridized carbons (Fsp3) is 0. The molecule has 0 saturated heterocycles. The number of carbonyl (C=O) groups is 1. The van der Waals surface area contributed by atoms with E-state index in [0.717, 1.165) is 5.65 Å². The summed E-state index contributed by atoms with van der Waals surface area (Å²) in [5.41, 5.74) is 1.30. The predicted octanol–water partition coefficient (Wildman–Crippen LogP) is 1.91. The van der Waals surface area contributed by atoms with Gasteiger partial charge in [-0.1, -0.05) is 6.07 Å². The quantitative estimate of drug-likeness (QED) is 0.587. The Labute approximate surface area is 82.6 Å². The molecular formula is C8H5IN2O. The van der Waals surface area contributed by atoms with Gasteiger partial charge in [0.05, 0.1) is 0 Å². The summed E-state index contributed by atoms with van der Waals surface area (Å²) >= 11 is 1.73. The Kier molecular flexibility index (Phi) is 1.84. The second-order valence-corrected chi connectivity index (χ2v) is 3.35. The van der Waals surface area contributed by atoms with Crippen molar-refractivity contribution in [1.82, 2.24) is 9.38 Å². The summed E-state index contributed by atoms with van der Waals surface area (Å²) in [6.45, 7) is 0. The van der Waals surface area contributed by atoms with Crippen molar-refractivity contribution in [3.8, 4) is 0 Å². The Morgan fingerprint density at radius 2 is 2.33 bits per heavy atom. The first-order valence-corrected chi connectivity index (χ1v) is 4.49. The van der Waals surface area contributed by atoms with Crippen LogP contribution < -0.4 is 0 Å². The zero-order chi connectivity index (χ0) is 8.55. The van der Waals surface area contributed by atoms with Crippen molar-refractivity contribution < 1.29 is 4.79 Å². The maximum absolute atomic E-state index is 10.9. The van der Waals surface area contributed by atoms with Crippen LogP contribution in [0.3, 0.4) is 0 Å². The first-order chi connectivity index (χ1) is 5.77. The third-order valence-electron chi connectivity index (χ3n) is 1.57. The van der Waals surface area contributed by atoms with E-state index in [4.69, 9.17) is 0 Å². The van der Waals surface area contributed by atoms with Gasteiger partial charge in [-0.05, 0) is 12.1 Å². The second kappa shape index (κ2) is 2.85. The highest BCUT2D eigenvalue weighted by Gasteiger charge is 2.05. The highest BCUT2D eigenvalue weighted by molar-refractivity contribution is 14.1. The molecule has 3 nitrogen and oxygen atoms in total. The molecule has 4 heteroatoms. The van der Waals surface area contributed by atoms with Crippen LogP contribution in [0.15, 0.2) is 30.6 Å². The predicted molar refractivity (Wildman–Crippen MR) is 53.5 cm³/mol. The Morgan fingerprint density at radius 1 is 1.50 bits per heavy atom. The number of hydrogen-bond donors (Lipinski definition) is 0. The lowest BCUT2D eigenvalue weighted by Gasteiger charge is -1.86. The van der Waals surface area contributed by atoms with E-state index < -0.39 is 0 Å². The Bertz CT molecular complexity index is 402. The van der Waals surface area contributed by atoms with Crippen LogP contribution in [0.5, 0.6) is 0 Å². The highest BCUT2D eigenvalue weighted by atomic mass is 127. The third-order valence-corrected chi connectivity index (χ3v) is 2.12. The molecular weight excluding hydrogens is 267 g/mol. The molecule has 0 fully saturated rings. The standard InChI is InChI=1S/C8H5IN2O/c9-8(12)6-5-11-4-2-1-3-7(11)10-6/h1-5H. The molecule has 0 spiro atoms. The fourth-order valence-electron chi connectivity index (χ4n) is 1.03. The first-order valence-electron chi connectivity index (χ1n) is 3.41. The summed E-state index contributed by atoms with van der Waals surface area (Å²) in [5.74, 6) is 0. The zero-order valence-corrected chi connectivity index (χ0v) is 8.22. The monoisotopic (exact) mass is 272 g/mol. The summed E-state index contributed by atoms with van der Waals surface area (Å²) in [7, 11) is 0. The van der Waals surface area contributed by atoms with Crippen molar-refractivity contribution in [3.63, 3.8) is 0 Å². The van der Waals surface area contributed by atoms with Crippen molar-refractivity contribution >= 4 is 32.0 Å². The normalized spacial score (nSPS) is 10.4. The maximum Gasteiger partial charge on any atom is 0.242 e. The summed E-state index contributed by atoms with van der Waals surface area (Å²) in [6.07, 6.45) is 3.59. The van der Waals surface area contributed by atoms with E-state index in [2.05, 4.69) is 4.98 Å². The Hall–Kier alpha value is -0.910. The van der Waals surface area contributed by atoms with Crippen molar-refractivity contribution in [3.05, 3.63) is 36.3 Å². The average molecular weight is 272 g/mol. The molecule has 0 amide bonds. The number of imidazole rings is 1. The number of fused-ring (bicyclic) bond motifs is 1. The van der Waals surface area contributed by atoms with Gasteiger partial charge in [-0.15, -0.1) is 0 Å². The molecule has 0 aromatic carbocycles. The number of nitrogens with zero attached hydrogens (tertiary/aromatic N) is 2. The lowest BCUT2D eigenvalue weighted by molar-refractivity contribution is 0.110. The number of carbonyl (C=O) groups excluding carboxylic acids is 1. The van der Waals surface area contributed by atoms with Gasteiger partial charge in [0.1, 0.15) is 11.3 Å². The molecule has 0 aliphatic heterocycles. The van der Waals surface area contributed by atoms with Crippen molar-refractivity contribution in [2.24, 2.45) is 0 Å². The van der Waals surface area contributed by atoms with Gasteiger partial charge in [0.25, 0.3) is 0 Å². The summed E-state index contributed by atoms with van der Waals surface area (Å²) in [6, 6.07) is 5.66. The smallest absolute Gasteiger partial charge is 0.242 e. The molecule has 0 aliphatic rings. The third kappa shape index (κ3) is 1.22. The molecule has 0 aliphatic carbocycles. The zero-order valence-electron chi connectivity index (χ0n) is 6.07. The molecule has 2 aromatic rings. The van der Waals surface area contributed by atoms with Gasteiger partial charge < -0.3 is 4.40 Å². The van der Waals surface area contributed by atoms with E-state index in [9.17, 15) is 4.79 Å². The molecule has 0 unspecified atom stereocenters. The second-order valence-electron chi connectivity index (χ2n) is 2.37. The lowest BCUT2D eigenvalue weighted by atomic mass is 10.5. The maximum atomic E-state index is 10.9. The summed E-state index contributed by atoms with van der Waals surface area (Å²) in [4.78, 5) is 15.0. The van der Waals surface area contributed by atoms with Gasteiger partial charge in [0.2, 0.25) is 3.79 Å². The lowest BCUT2D eigenvalue weighted by Crippen LogP contribution is -1.85. The van der Waals surface area contributed by atoms with Crippen LogP contribution >= 0.6 is 22.6 Å². The molecule has 2 aromatic heterocycles. The molecule has 60 valence electrons. The van der Waals surface area contributed by atoms with Crippen molar-refractivity contribution in [2.45, 2.75) is 0 Å². The highest BCUT2D eigenvalue weighted by Crippen LogP contribution is 2.07. The Morgan fingerprint density at radius 3 is 3.00 bits per heavy atom. The minimum absolute atomic E-state index is 0.0312. The van der Waals surface area contributed by atoms with Gasteiger partial charge in [-0.2, -0.15) is 0 Å². The fourth-order valence-corrected chi connectivity index (χ4v) is 1.29. The Balaban J connectivity index is 2.70. The van der Waals surface area contributed by atoms with E-state index in [1.165, 1.54) is 0 Å². The molecule has 0 bridgehead atoms. The van der Waals surface area contributed by atoms with Gasteiger partial charge in [0.15, 0.2) is 0 Å². The number of hydrogen-bond acceptors (Lipinski definition) is 2. The molecule has 0 atom stereocenters. The van der Waals surface area contributed by atoms with Crippen LogP contribution in [0.1, 0.15) is 10.5 Å². The van der Waals surface area contributed by atoms with Crippen LogP contribution in [0.2, 0.25) is 0 Å². The summed E-state index contributed by atoms with van der Waals surface area (Å²) in [5, 5.41) is 0. The van der Waals surface area contributed by atoms with Crippen molar-refractivity contribution in [1.29, 1.82) is 0 Å². The SMILES string of the molecule is O=C(I)c1cn2ccccc2n1. The van der Waals surface area contributed by atoms with E-state index in [1.807, 2.05) is 28.8 Å². The van der Waals surface area contributed by atoms with Gasteiger partial charge in [-0.3, -0.25) is 4.79 Å². The van der Waals surface area contributed by atoms with Gasteiger partial charge in [0, 0.05) is 35.0 Å². The van der Waals surface area contributed by atoms with Crippen LogP contribution in [0, 0.1) is 0 Å². The van der Waals surface area contributed by atoms with Crippen LogP contribution in [-0.4, -0.2) is 13.2 Å². The van der Waals surface area contributed by atoms with Crippen molar-refractivity contribution in [2.75, 3.05) is 0 Å². The largest absolute Gasteiger partial charge is 0.306 e. The minimum Gasteiger partial charge on any atom is -0.306 e. The number of pyridine rings is 1. The molecule has 0 radical (unpaired) electrons. The van der Waals surface area contributed by atoms with Crippen LogP contribution in [-0.2, 0) is 0 Å². The number of rotatable bonds is 1. The van der Waals surface area contributed by atoms with E-state index in [0.29, 0.717) is 5.69 Å². The molecule has 2 heterocycles. The van der Waals surface area contributed by atoms with Crippen LogP contribution in [0.4, 0.5) is 0 Å². The van der Waals surface area contributed by atoms with Crippen LogP contribution in [0.25, 0.3) is 5.65 Å². The number of aromatic nitrogens is 2. The number of halogens is 1. The molecule has 0 N–H and O–H groups in total. The van der Waals surface area contributed by atoms with E-state index >= 15 is 0 Å². The molecule has 0 saturated carbocycles. The van der Waals surface area contributed by atoms with Gasteiger partial charge >= 0.3 is 0 Å². The van der Waals surface area contributed by atoms with Gasteiger partial charge in [-0.25, -0.2) is 4.98 Å². The molecule has 12 heavy (non-hydrogen) atoms. The summed E-state index contributed by atoms with van der Waals surface area (Å²) < 4.78 is 1.79. The molecule has 2 rings (SSSR count). The average Bonchev–Trinajstić information content (AvgIpc) is 2.46. The topological polar surface area (TPSA) is 34.4 Å². The first kappa shape index (κ1) is 7.72. The van der Waals surface area contributed by atoms with E-state index in [-0.39, 0.29) is 3.79 Å².